The summed E-state index contributed by atoms with van der Waals surface area (Å²) in [6.45, 7) is 1.80. The lowest BCUT2D eigenvalue weighted by atomic mass is 10.3. The van der Waals surface area contributed by atoms with Gasteiger partial charge in [0.15, 0.2) is 11.0 Å². The van der Waals surface area contributed by atoms with Gasteiger partial charge in [0.2, 0.25) is 5.91 Å². The zero-order chi connectivity index (χ0) is 18.8. The maximum Gasteiger partial charge on any atom is 0.237 e. The first-order valence-electron chi connectivity index (χ1n) is 8.70. The van der Waals surface area contributed by atoms with Crippen molar-refractivity contribution < 1.29 is 9.18 Å². The van der Waals surface area contributed by atoms with E-state index in [1.165, 1.54) is 23.9 Å². The summed E-state index contributed by atoms with van der Waals surface area (Å²) in [6, 6.07) is 10.0. The van der Waals surface area contributed by atoms with Crippen LogP contribution in [0.3, 0.4) is 0 Å². The van der Waals surface area contributed by atoms with Crippen LogP contribution in [-0.4, -0.2) is 30.9 Å². The van der Waals surface area contributed by atoms with Crippen molar-refractivity contribution in [2.75, 3.05) is 5.32 Å². The quantitative estimate of drug-likeness (QED) is 0.653. The highest BCUT2D eigenvalue weighted by molar-refractivity contribution is 8.00. The van der Waals surface area contributed by atoms with Crippen molar-refractivity contribution in [2.24, 2.45) is 0 Å². The number of hydrogen-bond acceptors (Lipinski definition) is 5. The van der Waals surface area contributed by atoms with Crippen molar-refractivity contribution in [3.63, 3.8) is 0 Å². The van der Waals surface area contributed by atoms with Crippen LogP contribution in [0, 0.1) is 5.82 Å². The number of carbonyl (C=O) groups excluding carboxylic acids is 1. The molecule has 0 bridgehead atoms. The molecule has 8 heteroatoms. The van der Waals surface area contributed by atoms with Gasteiger partial charge in [-0.3, -0.25) is 14.3 Å². The highest BCUT2D eigenvalue weighted by atomic mass is 32.2. The predicted octanol–water partition coefficient (Wildman–Crippen LogP) is 3.93. The Morgan fingerprint density at radius 3 is 2.85 bits per heavy atom. The summed E-state index contributed by atoms with van der Waals surface area (Å²) in [6.07, 6.45) is 5.62. The van der Waals surface area contributed by atoms with Crippen molar-refractivity contribution in [1.82, 2.24) is 19.7 Å². The Morgan fingerprint density at radius 1 is 1.30 bits per heavy atom. The van der Waals surface area contributed by atoms with Gasteiger partial charge in [0.1, 0.15) is 5.82 Å². The molecular formula is C19H18FN5OS. The van der Waals surface area contributed by atoms with Crippen LogP contribution in [0.4, 0.5) is 10.1 Å². The zero-order valence-corrected chi connectivity index (χ0v) is 15.5. The molecule has 6 nitrogen and oxygen atoms in total. The molecule has 27 heavy (non-hydrogen) atoms. The highest BCUT2D eigenvalue weighted by Gasteiger charge is 2.31. The van der Waals surface area contributed by atoms with Gasteiger partial charge in [-0.1, -0.05) is 17.8 Å². The zero-order valence-electron chi connectivity index (χ0n) is 14.7. The summed E-state index contributed by atoms with van der Waals surface area (Å²) < 4.78 is 15.4. The fourth-order valence-electron chi connectivity index (χ4n) is 2.73. The van der Waals surface area contributed by atoms with Gasteiger partial charge in [-0.15, -0.1) is 10.2 Å². The molecule has 1 aliphatic rings. The Kier molecular flexibility index (Phi) is 4.89. The van der Waals surface area contributed by atoms with Gasteiger partial charge < -0.3 is 5.32 Å². The largest absolute Gasteiger partial charge is 0.325 e. The van der Waals surface area contributed by atoms with Crippen LogP contribution < -0.4 is 5.32 Å². The third-order valence-electron chi connectivity index (χ3n) is 4.24. The number of nitrogens with one attached hydrogen (secondary N) is 1. The molecule has 2 aromatic heterocycles. The second-order valence-electron chi connectivity index (χ2n) is 6.41. The number of halogens is 1. The standard InChI is InChI=1S/C19H18FN5OS/c1-12(18(26)22-15-6-2-5-14(20)10-15)27-19-24-23-17(25(19)16-7-8-16)13-4-3-9-21-11-13/h2-6,9-12,16H,7-8H2,1H3,(H,22,26). The smallest absolute Gasteiger partial charge is 0.237 e. The minimum absolute atomic E-state index is 0.209. The molecule has 2 heterocycles. The number of carbonyl (C=O) groups is 1. The number of anilines is 1. The summed E-state index contributed by atoms with van der Waals surface area (Å²) in [5.74, 6) is 0.174. The summed E-state index contributed by atoms with van der Waals surface area (Å²) in [5, 5.41) is 11.7. The molecule has 0 radical (unpaired) electrons. The predicted molar refractivity (Wildman–Crippen MR) is 102 cm³/mol. The average molecular weight is 383 g/mol. The van der Waals surface area contributed by atoms with E-state index in [-0.39, 0.29) is 11.7 Å². The number of thioether (sulfide) groups is 1. The van der Waals surface area contributed by atoms with Crippen molar-refractivity contribution in [3.05, 3.63) is 54.6 Å². The van der Waals surface area contributed by atoms with Gasteiger partial charge in [-0.2, -0.15) is 0 Å². The van der Waals surface area contributed by atoms with Gasteiger partial charge >= 0.3 is 0 Å². The van der Waals surface area contributed by atoms with Crippen LogP contribution in [0.5, 0.6) is 0 Å². The summed E-state index contributed by atoms with van der Waals surface area (Å²) in [4.78, 5) is 16.6. The maximum atomic E-state index is 13.3. The lowest BCUT2D eigenvalue weighted by molar-refractivity contribution is -0.115. The number of aromatic nitrogens is 4. The van der Waals surface area contributed by atoms with Gasteiger partial charge in [-0.25, -0.2) is 4.39 Å². The first-order valence-corrected chi connectivity index (χ1v) is 9.58. The van der Waals surface area contributed by atoms with Gasteiger partial charge in [0.05, 0.1) is 5.25 Å². The number of benzene rings is 1. The Balaban J connectivity index is 1.52. The molecule has 4 rings (SSSR count). The van der Waals surface area contributed by atoms with E-state index in [1.54, 1.807) is 31.5 Å². The third-order valence-corrected chi connectivity index (χ3v) is 5.30. The molecule has 1 fully saturated rings. The highest BCUT2D eigenvalue weighted by Crippen LogP contribution is 2.41. The van der Waals surface area contributed by atoms with Crippen LogP contribution in [0.15, 0.2) is 53.9 Å². The average Bonchev–Trinajstić information content (AvgIpc) is 3.42. The van der Waals surface area contributed by atoms with Crippen LogP contribution >= 0.6 is 11.8 Å². The van der Waals surface area contributed by atoms with E-state index in [0.29, 0.717) is 16.9 Å². The van der Waals surface area contributed by atoms with Crippen LogP contribution in [-0.2, 0) is 4.79 Å². The van der Waals surface area contributed by atoms with Crippen molar-refractivity contribution in [2.45, 2.75) is 36.2 Å². The summed E-state index contributed by atoms with van der Waals surface area (Å²) in [7, 11) is 0. The molecule has 0 aliphatic heterocycles. The molecule has 3 aromatic rings. The van der Waals surface area contributed by atoms with E-state index >= 15 is 0 Å². The second-order valence-corrected chi connectivity index (χ2v) is 7.72. The first kappa shape index (κ1) is 17.7. The molecule has 1 aliphatic carbocycles. The first-order chi connectivity index (χ1) is 13.1. The normalized spacial score (nSPS) is 14.7. The Bertz CT molecular complexity index is 958. The molecule has 138 valence electrons. The maximum absolute atomic E-state index is 13.3. The van der Waals surface area contributed by atoms with Gasteiger partial charge in [-0.05, 0) is 50.1 Å². The lowest BCUT2D eigenvalue weighted by Gasteiger charge is -2.13. The Morgan fingerprint density at radius 2 is 2.15 bits per heavy atom. The molecule has 1 atom stereocenters. The molecule has 1 unspecified atom stereocenters. The monoisotopic (exact) mass is 383 g/mol. The van der Waals surface area contributed by atoms with Gasteiger partial charge in [0, 0.05) is 29.7 Å². The SMILES string of the molecule is CC(Sc1nnc(-c2cccnc2)n1C1CC1)C(=O)Nc1cccc(F)c1. The fourth-order valence-corrected chi connectivity index (χ4v) is 3.65. The van der Waals surface area contributed by atoms with Crippen molar-refractivity contribution >= 4 is 23.4 Å². The number of pyridine rings is 1. The number of nitrogens with zero attached hydrogens (tertiary/aromatic N) is 4. The molecule has 0 saturated heterocycles. The third kappa shape index (κ3) is 4.00. The molecule has 0 spiro atoms. The van der Waals surface area contributed by atoms with E-state index in [1.807, 2.05) is 12.1 Å². The molecule has 1 aromatic carbocycles. The number of amides is 1. The molecule has 1 amide bonds. The number of rotatable bonds is 6. The summed E-state index contributed by atoms with van der Waals surface area (Å²) >= 11 is 1.35. The Labute approximate surface area is 160 Å². The Hall–Kier alpha value is -2.74. The van der Waals surface area contributed by atoms with Crippen molar-refractivity contribution in [1.29, 1.82) is 0 Å². The minimum Gasteiger partial charge on any atom is -0.325 e. The van der Waals surface area contributed by atoms with Gasteiger partial charge in [0.25, 0.3) is 0 Å². The number of hydrogen-bond donors (Lipinski definition) is 1. The molecule has 1 N–H and O–H groups in total. The topological polar surface area (TPSA) is 72.7 Å². The van der Waals surface area contributed by atoms with E-state index < -0.39 is 5.25 Å². The fraction of sp³-hybridized carbons (Fsp3) is 0.263. The minimum atomic E-state index is -0.406. The van der Waals surface area contributed by atoms with Crippen molar-refractivity contribution in [3.8, 4) is 11.4 Å². The van der Waals surface area contributed by atoms with E-state index in [0.717, 1.165) is 24.2 Å². The second kappa shape index (κ2) is 7.48. The lowest BCUT2D eigenvalue weighted by Crippen LogP contribution is -2.23. The van der Waals surface area contributed by atoms with Crippen LogP contribution in [0.1, 0.15) is 25.8 Å². The molecule has 1 saturated carbocycles. The van der Waals surface area contributed by atoms with E-state index in [2.05, 4.69) is 25.1 Å². The van der Waals surface area contributed by atoms with Crippen LogP contribution in [0.2, 0.25) is 0 Å². The summed E-state index contributed by atoms with van der Waals surface area (Å²) in [5.41, 5.74) is 1.34. The van der Waals surface area contributed by atoms with Crippen LogP contribution in [0.25, 0.3) is 11.4 Å². The molecular weight excluding hydrogens is 365 g/mol. The van der Waals surface area contributed by atoms with E-state index in [9.17, 15) is 9.18 Å². The van der Waals surface area contributed by atoms with E-state index in [4.69, 9.17) is 0 Å².